The molecule has 0 aliphatic carbocycles. The van der Waals surface area contributed by atoms with Crippen LogP contribution < -0.4 is 44.1 Å². The van der Waals surface area contributed by atoms with Crippen LogP contribution >= 0.6 is 11.6 Å². The summed E-state index contributed by atoms with van der Waals surface area (Å²) >= 11 is 4.67. The number of halogens is 1. The number of alkyl halides is 1. The van der Waals surface area contributed by atoms with E-state index in [9.17, 15) is 4.79 Å². The molecule has 0 aliphatic rings. The van der Waals surface area contributed by atoms with Crippen LogP contribution in [0.1, 0.15) is 17.5 Å². The van der Waals surface area contributed by atoms with Crippen LogP contribution in [0, 0.1) is 6.92 Å². The minimum absolute atomic E-state index is 0. The molecular weight excluding hydrogens is 399 g/mol. The van der Waals surface area contributed by atoms with Crippen LogP contribution in [0.2, 0.25) is 0 Å². The largest absolute Gasteiger partial charge is 1.00 e. The van der Waals surface area contributed by atoms with Crippen LogP contribution in [0.4, 0.5) is 0 Å². The monoisotopic (exact) mass is 420 g/mol. The molecule has 2 rings (SSSR count). The van der Waals surface area contributed by atoms with Crippen molar-refractivity contribution in [1.29, 1.82) is 0 Å². The van der Waals surface area contributed by atoms with Gasteiger partial charge in [0.1, 0.15) is 0 Å². The quantitative estimate of drug-likeness (QED) is 0.442. The van der Waals surface area contributed by atoms with E-state index in [4.69, 9.17) is 24.5 Å². The van der Waals surface area contributed by atoms with Gasteiger partial charge < -0.3 is 24.5 Å². The van der Waals surface area contributed by atoms with Crippen molar-refractivity contribution in [3.05, 3.63) is 47.8 Å². The van der Waals surface area contributed by atoms with Crippen molar-refractivity contribution in [3.63, 3.8) is 0 Å². The van der Waals surface area contributed by atoms with Crippen molar-refractivity contribution in [2.75, 3.05) is 20.1 Å². The summed E-state index contributed by atoms with van der Waals surface area (Å²) < 4.78 is 9.79. The first-order chi connectivity index (χ1) is 12.8. The molecule has 0 atom stereocenters. The Bertz CT molecular complexity index is 718. The number of methoxy groups -OCH3 is 2. The van der Waals surface area contributed by atoms with Gasteiger partial charge >= 0.3 is 35.5 Å². The predicted octanol–water partition coefficient (Wildman–Crippen LogP) is -1.51. The van der Waals surface area contributed by atoms with Gasteiger partial charge in [-0.1, -0.05) is 0 Å². The van der Waals surface area contributed by atoms with Gasteiger partial charge in [0.15, 0.2) is 0 Å². The first-order valence-electron chi connectivity index (χ1n) is 7.75. The van der Waals surface area contributed by atoms with E-state index in [-0.39, 0.29) is 36.0 Å². The topological polar surface area (TPSA) is 122 Å². The summed E-state index contributed by atoms with van der Waals surface area (Å²) in [6.45, 7) is 2.00. The Kier molecular flexibility index (Phi) is 17.5. The second-order valence-electron chi connectivity index (χ2n) is 4.98. The zero-order chi connectivity index (χ0) is 20.7. The molecular formula is C18H22ClN2NaO6. The van der Waals surface area contributed by atoms with Crippen molar-refractivity contribution in [3.8, 4) is 11.8 Å². The van der Waals surface area contributed by atoms with Gasteiger partial charge in [0.25, 0.3) is 0 Å². The van der Waals surface area contributed by atoms with E-state index in [1.807, 2.05) is 19.1 Å². The van der Waals surface area contributed by atoms with Gasteiger partial charge in [-0.25, -0.2) is 9.97 Å². The predicted molar refractivity (Wildman–Crippen MR) is 98.0 cm³/mol. The smallest absolute Gasteiger partial charge is 0.549 e. The maximum Gasteiger partial charge on any atom is 1.00 e. The Morgan fingerprint density at radius 3 is 2.00 bits per heavy atom. The van der Waals surface area contributed by atoms with Crippen molar-refractivity contribution in [1.82, 2.24) is 9.97 Å². The third kappa shape index (κ3) is 15.2. The van der Waals surface area contributed by atoms with Gasteiger partial charge in [0, 0.05) is 30.9 Å². The Morgan fingerprint density at radius 2 is 1.61 bits per heavy atom. The van der Waals surface area contributed by atoms with E-state index < -0.39 is 17.8 Å². The number of carboxylic acid groups (broad SMARTS) is 2. The standard InChI is InChI=1S/C9H11NO3.C7H9NO.C2H3ClO2.Na/c1-13-8-6-7(4-5-10-8)2-3-9(11)12;1-6-3-4-8-7(5-6)9-2;3-1-2(4)5;/h4-6H,2-3H2,1H3,(H,11,12);3-5H,1-2H3;1H2,(H,4,5);/q;;;+1/p-1. The molecule has 148 valence electrons. The Hall–Kier alpha value is -1.87. The van der Waals surface area contributed by atoms with Gasteiger partial charge in [-0.15, -0.1) is 11.6 Å². The van der Waals surface area contributed by atoms with Crippen LogP contribution in [-0.4, -0.2) is 47.1 Å². The molecule has 0 unspecified atom stereocenters. The Balaban J connectivity index is 0. The van der Waals surface area contributed by atoms with Crippen molar-refractivity contribution in [2.24, 2.45) is 0 Å². The second kappa shape index (κ2) is 17.2. The number of hydrogen-bond donors (Lipinski definition) is 1. The molecule has 2 aromatic rings. The summed E-state index contributed by atoms with van der Waals surface area (Å²) in [6, 6.07) is 7.34. The Labute approximate surface area is 191 Å². The molecule has 8 nitrogen and oxygen atoms in total. The number of nitrogens with zero attached hydrogens (tertiary/aromatic N) is 2. The molecule has 0 aromatic carbocycles. The molecule has 0 bridgehead atoms. The minimum atomic E-state index is -1.23. The summed E-state index contributed by atoms with van der Waals surface area (Å²) in [4.78, 5) is 27.3. The van der Waals surface area contributed by atoms with Crippen LogP contribution in [0.15, 0.2) is 36.7 Å². The van der Waals surface area contributed by atoms with Crippen LogP contribution in [0.3, 0.4) is 0 Å². The molecule has 0 aliphatic heterocycles. The molecule has 0 amide bonds. The van der Waals surface area contributed by atoms with E-state index >= 15 is 0 Å². The summed E-state index contributed by atoms with van der Waals surface area (Å²) in [7, 11) is 3.14. The Morgan fingerprint density at radius 1 is 1.11 bits per heavy atom. The first kappa shape index (κ1) is 28.3. The molecule has 0 radical (unpaired) electrons. The molecule has 1 N–H and O–H groups in total. The van der Waals surface area contributed by atoms with E-state index in [0.29, 0.717) is 18.2 Å². The van der Waals surface area contributed by atoms with Crippen LogP contribution in [0.5, 0.6) is 11.8 Å². The number of carbonyl (C=O) groups is 2. The molecule has 2 heterocycles. The molecule has 0 saturated heterocycles. The number of aromatic nitrogens is 2. The zero-order valence-corrected chi connectivity index (χ0v) is 19.1. The van der Waals surface area contributed by atoms with E-state index in [1.165, 1.54) is 12.7 Å². The maximum absolute atomic E-state index is 10.3. The van der Waals surface area contributed by atoms with Gasteiger partial charge in [-0.05, 0) is 36.6 Å². The minimum Gasteiger partial charge on any atom is -0.549 e. The first-order valence-corrected chi connectivity index (χ1v) is 8.29. The third-order valence-corrected chi connectivity index (χ3v) is 3.06. The van der Waals surface area contributed by atoms with Crippen molar-refractivity contribution in [2.45, 2.75) is 19.8 Å². The molecule has 10 heteroatoms. The average molecular weight is 421 g/mol. The number of aryl methyl sites for hydroxylation is 2. The van der Waals surface area contributed by atoms with Gasteiger partial charge in [0.2, 0.25) is 11.8 Å². The van der Waals surface area contributed by atoms with Gasteiger partial charge in [-0.2, -0.15) is 0 Å². The number of aliphatic carboxylic acids is 2. The maximum atomic E-state index is 10.3. The molecule has 0 spiro atoms. The number of carboxylic acids is 2. The summed E-state index contributed by atoms with van der Waals surface area (Å²) in [5, 5.41) is 17.6. The second-order valence-corrected chi connectivity index (χ2v) is 5.25. The van der Waals surface area contributed by atoms with Crippen molar-refractivity contribution >= 4 is 23.5 Å². The fourth-order valence-corrected chi connectivity index (χ4v) is 1.59. The number of pyridine rings is 2. The van der Waals surface area contributed by atoms with E-state index in [0.717, 1.165) is 5.56 Å². The van der Waals surface area contributed by atoms with Crippen LogP contribution in [0.25, 0.3) is 0 Å². The van der Waals surface area contributed by atoms with Crippen molar-refractivity contribution < 1.29 is 58.8 Å². The van der Waals surface area contributed by atoms with E-state index in [2.05, 4.69) is 21.6 Å². The number of rotatable bonds is 6. The van der Waals surface area contributed by atoms with Gasteiger partial charge in [-0.3, -0.25) is 4.79 Å². The number of hydrogen-bond acceptors (Lipinski definition) is 7. The van der Waals surface area contributed by atoms with Gasteiger partial charge in [0.05, 0.1) is 26.1 Å². The third-order valence-electron chi connectivity index (χ3n) is 2.84. The molecule has 28 heavy (non-hydrogen) atoms. The van der Waals surface area contributed by atoms with Crippen LogP contribution in [-0.2, 0) is 16.0 Å². The fraction of sp³-hybridized carbons (Fsp3) is 0.333. The molecule has 0 fully saturated rings. The normalized spacial score (nSPS) is 8.71. The number of carbonyl (C=O) groups excluding carboxylic acids is 1. The number of ether oxygens (including phenoxy) is 2. The summed E-state index contributed by atoms with van der Waals surface area (Å²) in [6.07, 6.45) is 3.98. The summed E-state index contributed by atoms with van der Waals surface area (Å²) in [5.41, 5.74) is 2.09. The molecule has 0 saturated carbocycles. The fourth-order valence-electron chi connectivity index (χ4n) is 1.59. The SMILES string of the molecule is COc1cc(C)ccn1.COc1cc(CCC(=O)O)ccn1.O=C([O-])CCl.[Na+]. The summed E-state index contributed by atoms with van der Waals surface area (Å²) in [5.74, 6) is -1.25. The van der Waals surface area contributed by atoms with E-state index in [1.54, 1.807) is 31.6 Å². The zero-order valence-electron chi connectivity index (χ0n) is 16.3. The average Bonchev–Trinajstić information content (AvgIpc) is 2.67. The molecule has 2 aromatic heterocycles.